The molecule has 1 aliphatic heterocycles. The molecular weight excluding hydrogens is 381 g/mol. The molecule has 1 aromatic rings. The standard InChI is InChI=1S/C19H24F5N3O/c20-14-9-15(21)11-17(10-14)27-6-4-26(5-7-27)12-18(28)25-16-3-1-2-13(8-16)19(22,23)24/h9-11,13,16H,1-8,12H2,(H,25,28)/t13-,16+/m0/s1. The van der Waals surface area contributed by atoms with Crippen LogP contribution in [0.5, 0.6) is 0 Å². The SMILES string of the molecule is O=C(CN1CCN(c2cc(F)cc(F)c2)CC1)N[C@@H]1CCC[C@H](C(F)(F)F)C1. The van der Waals surface area contributed by atoms with Crippen LogP contribution in [0.25, 0.3) is 0 Å². The molecular formula is C19H24F5N3O. The summed E-state index contributed by atoms with van der Waals surface area (Å²) in [6.45, 7) is 2.19. The van der Waals surface area contributed by atoms with Crippen molar-refractivity contribution in [2.24, 2.45) is 5.92 Å². The third-order valence-electron chi connectivity index (χ3n) is 5.45. The lowest BCUT2D eigenvalue weighted by Crippen LogP contribution is -2.51. The highest BCUT2D eigenvalue weighted by Gasteiger charge is 2.42. The highest BCUT2D eigenvalue weighted by Crippen LogP contribution is 2.37. The van der Waals surface area contributed by atoms with E-state index in [1.54, 1.807) is 0 Å². The van der Waals surface area contributed by atoms with Gasteiger partial charge < -0.3 is 10.2 Å². The normalized spacial score (nSPS) is 24.2. The van der Waals surface area contributed by atoms with E-state index in [4.69, 9.17) is 0 Å². The molecule has 0 aromatic heterocycles. The fourth-order valence-electron chi connectivity index (χ4n) is 3.98. The number of halogens is 5. The van der Waals surface area contributed by atoms with Crippen molar-refractivity contribution in [3.63, 3.8) is 0 Å². The van der Waals surface area contributed by atoms with Crippen molar-refractivity contribution in [1.29, 1.82) is 0 Å². The number of carbonyl (C=O) groups excluding carboxylic acids is 1. The van der Waals surface area contributed by atoms with Crippen molar-refractivity contribution in [2.45, 2.75) is 37.9 Å². The first kappa shape index (κ1) is 20.8. The van der Waals surface area contributed by atoms with Gasteiger partial charge in [0.1, 0.15) is 11.6 Å². The van der Waals surface area contributed by atoms with E-state index in [2.05, 4.69) is 5.32 Å². The largest absolute Gasteiger partial charge is 0.391 e. The highest BCUT2D eigenvalue weighted by molar-refractivity contribution is 5.78. The third kappa shape index (κ3) is 5.56. The van der Waals surface area contributed by atoms with Gasteiger partial charge in [-0.25, -0.2) is 8.78 Å². The Kier molecular flexibility index (Phi) is 6.42. The Morgan fingerprint density at radius 1 is 1.04 bits per heavy atom. The fourth-order valence-corrected chi connectivity index (χ4v) is 3.98. The third-order valence-corrected chi connectivity index (χ3v) is 5.45. The number of hydrogen-bond donors (Lipinski definition) is 1. The lowest BCUT2D eigenvalue weighted by atomic mass is 9.85. The molecule has 1 saturated carbocycles. The van der Waals surface area contributed by atoms with Gasteiger partial charge in [-0.05, 0) is 31.4 Å². The van der Waals surface area contributed by atoms with Crippen LogP contribution in [0.4, 0.5) is 27.6 Å². The van der Waals surface area contributed by atoms with E-state index in [9.17, 15) is 26.7 Å². The Morgan fingerprint density at radius 2 is 1.68 bits per heavy atom. The molecule has 1 aliphatic carbocycles. The van der Waals surface area contributed by atoms with Crippen molar-refractivity contribution in [3.8, 4) is 0 Å². The van der Waals surface area contributed by atoms with Gasteiger partial charge in [0.2, 0.25) is 5.91 Å². The molecule has 1 amide bonds. The number of nitrogens with zero attached hydrogens (tertiary/aromatic N) is 2. The van der Waals surface area contributed by atoms with Crippen molar-refractivity contribution < 1.29 is 26.7 Å². The van der Waals surface area contributed by atoms with Gasteiger partial charge in [-0.1, -0.05) is 6.42 Å². The van der Waals surface area contributed by atoms with E-state index in [-0.39, 0.29) is 25.3 Å². The van der Waals surface area contributed by atoms with Crippen LogP contribution < -0.4 is 10.2 Å². The van der Waals surface area contributed by atoms with Gasteiger partial charge in [0.15, 0.2) is 0 Å². The number of benzene rings is 1. The molecule has 1 heterocycles. The smallest absolute Gasteiger partial charge is 0.369 e. The van der Waals surface area contributed by atoms with Gasteiger partial charge in [-0.3, -0.25) is 9.69 Å². The van der Waals surface area contributed by atoms with Crippen LogP contribution in [0.3, 0.4) is 0 Å². The lowest BCUT2D eigenvalue weighted by Gasteiger charge is -2.36. The average Bonchev–Trinajstić information content (AvgIpc) is 2.61. The quantitative estimate of drug-likeness (QED) is 0.781. The van der Waals surface area contributed by atoms with E-state index in [0.717, 1.165) is 6.07 Å². The number of amides is 1. The second-order valence-corrected chi connectivity index (χ2v) is 7.56. The second-order valence-electron chi connectivity index (χ2n) is 7.56. The van der Waals surface area contributed by atoms with Gasteiger partial charge >= 0.3 is 6.18 Å². The zero-order valence-corrected chi connectivity index (χ0v) is 15.4. The van der Waals surface area contributed by atoms with Crippen LogP contribution in [-0.2, 0) is 4.79 Å². The zero-order chi connectivity index (χ0) is 20.3. The van der Waals surface area contributed by atoms with Crippen molar-refractivity contribution >= 4 is 11.6 Å². The number of carbonyl (C=O) groups is 1. The lowest BCUT2D eigenvalue weighted by molar-refractivity contribution is -0.184. The predicted octanol–water partition coefficient (Wildman–Crippen LogP) is 3.32. The van der Waals surface area contributed by atoms with Crippen LogP contribution in [-0.4, -0.2) is 55.7 Å². The molecule has 4 nitrogen and oxygen atoms in total. The molecule has 2 aliphatic rings. The van der Waals surface area contributed by atoms with E-state index in [1.165, 1.54) is 12.1 Å². The van der Waals surface area contributed by atoms with Crippen LogP contribution in [0, 0.1) is 17.6 Å². The summed E-state index contributed by atoms with van der Waals surface area (Å²) in [5, 5.41) is 2.73. The molecule has 2 fully saturated rings. The van der Waals surface area contributed by atoms with Crippen molar-refractivity contribution in [3.05, 3.63) is 29.8 Å². The number of piperazine rings is 1. The number of rotatable bonds is 4. The second kappa shape index (κ2) is 8.63. The van der Waals surface area contributed by atoms with Crippen LogP contribution >= 0.6 is 0 Å². The van der Waals surface area contributed by atoms with E-state index in [1.807, 2.05) is 9.80 Å². The topological polar surface area (TPSA) is 35.6 Å². The Bertz CT molecular complexity index is 668. The Morgan fingerprint density at radius 3 is 2.29 bits per heavy atom. The summed E-state index contributed by atoms with van der Waals surface area (Å²) < 4.78 is 65.3. The predicted molar refractivity (Wildman–Crippen MR) is 95.0 cm³/mol. The van der Waals surface area contributed by atoms with Gasteiger partial charge in [0.25, 0.3) is 0 Å². The Hall–Kier alpha value is -1.90. The number of alkyl halides is 3. The van der Waals surface area contributed by atoms with Gasteiger partial charge in [0, 0.05) is 44.0 Å². The maximum Gasteiger partial charge on any atom is 0.391 e. The summed E-state index contributed by atoms with van der Waals surface area (Å²) in [6.07, 6.45) is -3.13. The first-order valence-corrected chi connectivity index (χ1v) is 9.50. The maximum atomic E-state index is 13.4. The summed E-state index contributed by atoms with van der Waals surface area (Å²) in [5.41, 5.74) is 0.460. The Balaban J connectivity index is 1.45. The minimum Gasteiger partial charge on any atom is -0.369 e. The molecule has 1 N–H and O–H groups in total. The summed E-state index contributed by atoms with van der Waals surface area (Å²) in [6, 6.07) is 2.92. The summed E-state index contributed by atoms with van der Waals surface area (Å²) in [5.74, 6) is -2.90. The molecule has 1 saturated heterocycles. The minimum atomic E-state index is -4.21. The zero-order valence-electron chi connectivity index (χ0n) is 15.4. The molecule has 0 bridgehead atoms. The molecule has 0 spiro atoms. The molecule has 0 unspecified atom stereocenters. The fraction of sp³-hybridized carbons (Fsp3) is 0.632. The van der Waals surface area contributed by atoms with Gasteiger partial charge in [0.05, 0.1) is 12.5 Å². The first-order valence-electron chi connectivity index (χ1n) is 9.50. The van der Waals surface area contributed by atoms with Crippen LogP contribution in [0.2, 0.25) is 0 Å². The molecule has 28 heavy (non-hydrogen) atoms. The molecule has 2 atom stereocenters. The Labute approximate surface area is 160 Å². The molecule has 156 valence electrons. The minimum absolute atomic E-state index is 0.0614. The number of nitrogens with one attached hydrogen (secondary N) is 1. The van der Waals surface area contributed by atoms with E-state index in [0.29, 0.717) is 44.7 Å². The van der Waals surface area contributed by atoms with Crippen LogP contribution in [0.1, 0.15) is 25.7 Å². The monoisotopic (exact) mass is 405 g/mol. The maximum absolute atomic E-state index is 13.4. The van der Waals surface area contributed by atoms with E-state index >= 15 is 0 Å². The van der Waals surface area contributed by atoms with Gasteiger partial charge in [-0.15, -0.1) is 0 Å². The first-order chi connectivity index (χ1) is 13.2. The highest BCUT2D eigenvalue weighted by atomic mass is 19.4. The molecule has 9 heteroatoms. The molecule has 3 rings (SSSR count). The van der Waals surface area contributed by atoms with Gasteiger partial charge in [-0.2, -0.15) is 13.2 Å². The average molecular weight is 405 g/mol. The summed E-state index contributed by atoms with van der Waals surface area (Å²) in [7, 11) is 0. The summed E-state index contributed by atoms with van der Waals surface area (Å²) >= 11 is 0. The van der Waals surface area contributed by atoms with Crippen molar-refractivity contribution in [1.82, 2.24) is 10.2 Å². The number of hydrogen-bond acceptors (Lipinski definition) is 3. The molecule has 0 radical (unpaired) electrons. The van der Waals surface area contributed by atoms with E-state index < -0.39 is 29.8 Å². The molecule has 1 aromatic carbocycles. The summed E-state index contributed by atoms with van der Waals surface area (Å²) in [4.78, 5) is 16.0. The number of anilines is 1. The van der Waals surface area contributed by atoms with Crippen LogP contribution in [0.15, 0.2) is 18.2 Å². The van der Waals surface area contributed by atoms with Crippen molar-refractivity contribution in [2.75, 3.05) is 37.6 Å².